The lowest BCUT2D eigenvalue weighted by molar-refractivity contribution is -0.0475. The van der Waals surface area contributed by atoms with Crippen LogP contribution in [0.3, 0.4) is 0 Å². The van der Waals surface area contributed by atoms with E-state index in [1.165, 1.54) is 0 Å². The van der Waals surface area contributed by atoms with E-state index in [0.717, 1.165) is 5.75 Å². The standard InChI is InChI=1S/C20H23NO4/c1-24-18-9-5-6-16(14-18)19(22)21-12-10-20(23,11-13-21)15-25-17-7-3-2-4-8-17/h2-9,14,23H,10-13,15H2,1H3. The fourth-order valence-electron chi connectivity index (χ4n) is 2.94. The SMILES string of the molecule is COc1cccc(C(=O)N2CCC(O)(COc3ccccc3)CC2)c1. The largest absolute Gasteiger partial charge is 0.497 e. The van der Waals surface area contributed by atoms with Gasteiger partial charge in [0.2, 0.25) is 0 Å². The summed E-state index contributed by atoms with van der Waals surface area (Å²) in [6.45, 7) is 1.24. The van der Waals surface area contributed by atoms with E-state index in [9.17, 15) is 9.90 Å². The van der Waals surface area contributed by atoms with Crippen molar-refractivity contribution in [2.45, 2.75) is 18.4 Å². The molecule has 5 heteroatoms. The van der Waals surface area contributed by atoms with Crippen molar-refractivity contribution < 1.29 is 19.4 Å². The first kappa shape index (κ1) is 17.3. The molecule has 0 bridgehead atoms. The Morgan fingerprint density at radius 2 is 1.76 bits per heavy atom. The molecule has 3 rings (SSSR count). The maximum atomic E-state index is 12.6. The summed E-state index contributed by atoms with van der Waals surface area (Å²) in [5.74, 6) is 1.37. The topological polar surface area (TPSA) is 59.0 Å². The average molecular weight is 341 g/mol. The summed E-state index contributed by atoms with van der Waals surface area (Å²) in [5, 5.41) is 10.7. The van der Waals surface area contributed by atoms with E-state index in [-0.39, 0.29) is 12.5 Å². The summed E-state index contributed by atoms with van der Waals surface area (Å²) in [6, 6.07) is 16.6. The molecule has 1 amide bonds. The molecule has 2 aromatic rings. The van der Waals surface area contributed by atoms with E-state index in [4.69, 9.17) is 9.47 Å². The third-order valence-corrected chi connectivity index (χ3v) is 4.55. The summed E-state index contributed by atoms with van der Waals surface area (Å²) in [7, 11) is 1.58. The highest BCUT2D eigenvalue weighted by Crippen LogP contribution is 2.25. The highest BCUT2D eigenvalue weighted by Gasteiger charge is 2.35. The Hall–Kier alpha value is -2.53. The number of benzene rings is 2. The maximum Gasteiger partial charge on any atom is 0.253 e. The van der Waals surface area contributed by atoms with Gasteiger partial charge in [-0.05, 0) is 43.2 Å². The summed E-state index contributed by atoms with van der Waals surface area (Å²) in [4.78, 5) is 14.4. The number of methoxy groups -OCH3 is 1. The fraction of sp³-hybridized carbons (Fsp3) is 0.350. The summed E-state index contributed by atoms with van der Waals surface area (Å²) in [5.41, 5.74) is -0.300. The molecule has 132 valence electrons. The molecular formula is C20H23NO4. The first-order chi connectivity index (χ1) is 12.1. The Kier molecular flexibility index (Phi) is 5.24. The van der Waals surface area contributed by atoms with E-state index in [2.05, 4.69) is 0 Å². The van der Waals surface area contributed by atoms with Crippen LogP contribution in [0, 0.1) is 0 Å². The van der Waals surface area contributed by atoms with Crippen LogP contribution in [0.2, 0.25) is 0 Å². The van der Waals surface area contributed by atoms with E-state index in [0.29, 0.717) is 37.2 Å². The lowest BCUT2D eigenvalue weighted by Crippen LogP contribution is -2.49. The summed E-state index contributed by atoms with van der Waals surface area (Å²) in [6.07, 6.45) is 0.991. The molecule has 1 heterocycles. The van der Waals surface area contributed by atoms with Gasteiger partial charge in [-0.15, -0.1) is 0 Å². The molecule has 1 fully saturated rings. The van der Waals surface area contributed by atoms with Gasteiger partial charge in [0.05, 0.1) is 7.11 Å². The molecule has 0 atom stereocenters. The van der Waals surface area contributed by atoms with E-state index < -0.39 is 5.60 Å². The van der Waals surface area contributed by atoms with E-state index >= 15 is 0 Å². The molecular weight excluding hydrogens is 318 g/mol. The Balaban J connectivity index is 1.56. The van der Waals surface area contributed by atoms with Crippen molar-refractivity contribution in [1.29, 1.82) is 0 Å². The maximum absolute atomic E-state index is 12.6. The first-order valence-electron chi connectivity index (χ1n) is 8.43. The average Bonchev–Trinajstić information content (AvgIpc) is 2.67. The number of hydrogen-bond donors (Lipinski definition) is 1. The van der Waals surface area contributed by atoms with Crippen LogP contribution in [-0.2, 0) is 0 Å². The van der Waals surface area contributed by atoms with Crippen molar-refractivity contribution in [3.63, 3.8) is 0 Å². The number of ether oxygens (including phenoxy) is 2. The molecule has 1 aliphatic heterocycles. The Morgan fingerprint density at radius 1 is 1.08 bits per heavy atom. The van der Waals surface area contributed by atoms with Crippen molar-refractivity contribution >= 4 is 5.91 Å². The zero-order valence-corrected chi connectivity index (χ0v) is 14.4. The van der Waals surface area contributed by atoms with Crippen LogP contribution in [0.25, 0.3) is 0 Å². The summed E-state index contributed by atoms with van der Waals surface area (Å²) >= 11 is 0. The number of hydrogen-bond acceptors (Lipinski definition) is 4. The van der Waals surface area contributed by atoms with Gasteiger partial charge in [-0.25, -0.2) is 0 Å². The van der Waals surface area contributed by atoms with Crippen LogP contribution in [0.1, 0.15) is 23.2 Å². The Bertz CT molecular complexity index is 709. The highest BCUT2D eigenvalue weighted by atomic mass is 16.5. The molecule has 1 N–H and O–H groups in total. The van der Waals surface area contributed by atoms with E-state index in [1.54, 1.807) is 30.2 Å². The van der Waals surface area contributed by atoms with Gasteiger partial charge in [0.15, 0.2) is 0 Å². The minimum Gasteiger partial charge on any atom is -0.497 e. The Morgan fingerprint density at radius 3 is 2.44 bits per heavy atom. The Labute approximate surface area is 147 Å². The van der Waals surface area contributed by atoms with Crippen LogP contribution in [-0.4, -0.2) is 48.3 Å². The molecule has 5 nitrogen and oxygen atoms in total. The van der Waals surface area contributed by atoms with Crippen LogP contribution < -0.4 is 9.47 Å². The molecule has 0 aromatic heterocycles. The number of amides is 1. The number of carbonyl (C=O) groups excluding carboxylic acids is 1. The number of aliphatic hydroxyl groups is 1. The van der Waals surface area contributed by atoms with Gasteiger partial charge in [0, 0.05) is 18.7 Å². The third-order valence-electron chi connectivity index (χ3n) is 4.55. The number of rotatable bonds is 5. The van der Waals surface area contributed by atoms with Gasteiger partial charge in [-0.3, -0.25) is 4.79 Å². The van der Waals surface area contributed by atoms with Crippen LogP contribution >= 0.6 is 0 Å². The zero-order chi connectivity index (χ0) is 17.7. The smallest absolute Gasteiger partial charge is 0.253 e. The van der Waals surface area contributed by atoms with Gasteiger partial charge < -0.3 is 19.5 Å². The van der Waals surface area contributed by atoms with Crippen molar-refractivity contribution in [3.8, 4) is 11.5 Å². The monoisotopic (exact) mass is 341 g/mol. The summed E-state index contributed by atoms with van der Waals surface area (Å²) < 4.78 is 10.9. The van der Waals surface area contributed by atoms with Crippen LogP contribution in [0.15, 0.2) is 54.6 Å². The van der Waals surface area contributed by atoms with Crippen LogP contribution in [0.4, 0.5) is 0 Å². The second-order valence-electron chi connectivity index (χ2n) is 6.35. The van der Waals surface area contributed by atoms with Crippen molar-refractivity contribution in [3.05, 3.63) is 60.2 Å². The van der Waals surface area contributed by atoms with Crippen molar-refractivity contribution in [2.75, 3.05) is 26.8 Å². The first-order valence-corrected chi connectivity index (χ1v) is 8.43. The molecule has 2 aromatic carbocycles. The zero-order valence-electron chi connectivity index (χ0n) is 14.4. The number of likely N-dealkylation sites (tertiary alicyclic amines) is 1. The predicted molar refractivity (Wildman–Crippen MR) is 95.0 cm³/mol. The van der Waals surface area contributed by atoms with Crippen molar-refractivity contribution in [1.82, 2.24) is 4.90 Å². The minimum atomic E-state index is -0.902. The quantitative estimate of drug-likeness (QED) is 0.908. The van der Waals surface area contributed by atoms with Gasteiger partial charge in [-0.2, -0.15) is 0 Å². The number of piperidine rings is 1. The third kappa shape index (κ3) is 4.31. The lowest BCUT2D eigenvalue weighted by atomic mass is 9.92. The second-order valence-corrected chi connectivity index (χ2v) is 6.35. The van der Waals surface area contributed by atoms with Gasteiger partial charge in [0.25, 0.3) is 5.91 Å². The lowest BCUT2D eigenvalue weighted by Gasteiger charge is -2.38. The molecule has 1 saturated heterocycles. The molecule has 0 unspecified atom stereocenters. The number of nitrogens with zero attached hydrogens (tertiary/aromatic N) is 1. The number of carbonyl (C=O) groups is 1. The van der Waals surface area contributed by atoms with Gasteiger partial charge in [-0.1, -0.05) is 24.3 Å². The molecule has 0 saturated carbocycles. The molecule has 0 radical (unpaired) electrons. The predicted octanol–water partition coefficient (Wildman–Crippen LogP) is 2.74. The second kappa shape index (κ2) is 7.57. The van der Waals surface area contributed by atoms with Gasteiger partial charge in [0.1, 0.15) is 23.7 Å². The van der Waals surface area contributed by atoms with Gasteiger partial charge >= 0.3 is 0 Å². The normalized spacial score (nSPS) is 16.3. The fourth-order valence-corrected chi connectivity index (χ4v) is 2.94. The molecule has 0 aliphatic carbocycles. The molecule has 1 aliphatic rings. The van der Waals surface area contributed by atoms with Crippen LogP contribution in [0.5, 0.6) is 11.5 Å². The highest BCUT2D eigenvalue weighted by molar-refractivity contribution is 5.94. The van der Waals surface area contributed by atoms with E-state index in [1.807, 2.05) is 36.4 Å². The molecule has 25 heavy (non-hydrogen) atoms. The minimum absolute atomic E-state index is 0.0371. The van der Waals surface area contributed by atoms with Crippen molar-refractivity contribution in [2.24, 2.45) is 0 Å². The number of para-hydroxylation sites is 1. The molecule has 0 spiro atoms.